The van der Waals surface area contributed by atoms with Crippen LogP contribution in [-0.2, 0) is 9.31 Å². The first-order valence-electron chi connectivity index (χ1n) is 7.66. The van der Waals surface area contributed by atoms with E-state index in [-0.39, 0.29) is 43.3 Å². The van der Waals surface area contributed by atoms with Crippen molar-refractivity contribution >= 4 is 19.5 Å². The van der Waals surface area contributed by atoms with Crippen LogP contribution in [-0.4, -0.2) is 42.5 Å². The largest absolute Gasteiger partial charge is 0.475 e. The molecule has 5 aliphatic rings. The van der Waals surface area contributed by atoms with Crippen LogP contribution in [0.1, 0.15) is 40.0 Å². The summed E-state index contributed by atoms with van der Waals surface area (Å²) >= 11 is 0. The van der Waals surface area contributed by atoms with Crippen molar-refractivity contribution in [2.45, 2.75) is 63.8 Å². The first-order valence-corrected chi connectivity index (χ1v) is 7.66. The van der Waals surface area contributed by atoms with Crippen molar-refractivity contribution in [3.8, 4) is 0 Å². The molecule has 5 fully saturated rings. The van der Waals surface area contributed by atoms with E-state index in [4.69, 9.17) is 9.31 Å². The van der Waals surface area contributed by atoms with Crippen LogP contribution >= 0.6 is 12.4 Å². The van der Waals surface area contributed by atoms with E-state index in [0.29, 0.717) is 17.9 Å². The molecule has 6 atom stereocenters. The highest BCUT2D eigenvalue weighted by atomic mass is 35.5. The molecule has 0 aromatic rings. The lowest BCUT2D eigenvalue weighted by molar-refractivity contribution is -0.199. The molecule has 0 amide bonds. The molecule has 0 radical (unpaired) electrons. The third-order valence-electron chi connectivity index (χ3n) is 6.44. The Morgan fingerprint density at radius 3 is 2.55 bits per heavy atom. The lowest BCUT2D eigenvalue weighted by atomic mass is 9.43. The van der Waals surface area contributed by atoms with Gasteiger partial charge in [0.15, 0.2) is 0 Å². The number of aliphatic hydroxyl groups is 1. The SMILES string of the molecule is CC1(C)[C@@H]2C[C@H]3OB([C@@H]4C[C@@H](O)CN4)O[C@@]3(C)[C@H]1C2.Cl. The Kier molecular flexibility index (Phi) is 3.47. The van der Waals surface area contributed by atoms with Crippen LogP contribution in [0.5, 0.6) is 0 Å². The standard InChI is InChI=1S/C14H24BNO3.ClH/c1-13(2)8-4-10(13)14(3)11(5-8)18-15(19-14)12-6-9(17)7-16-12;/h8-12,16-17H,4-7H2,1-3H3;1H/t8-,9+,10-,11+,12-,14-;/m0./s1. The van der Waals surface area contributed by atoms with Crippen LogP contribution < -0.4 is 5.32 Å². The van der Waals surface area contributed by atoms with E-state index >= 15 is 0 Å². The molecule has 0 spiro atoms. The molecule has 0 aromatic heterocycles. The number of nitrogens with one attached hydrogen (secondary N) is 1. The summed E-state index contributed by atoms with van der Waals surface area (Å²) in [6, 6.07) is 0. The van der Waals surface area contributed by atoms with Crippen LogP contribution in [0.2, 0.25) is 0 Å². The van der Waals surface area contributed by atoms with Gasteiger partial charge >= 0.3 is 7.12 Å². The minimum absolute atomic E-state index is 0. The lowest BCUT2D eigenvalue weighted by Gasteiger charge is -2.64. The molecule has 2 aliphatic heterocycles. The Morgan fingerprint density at radius 2 is 1.95 bits per heavy atom. The highest BCUT2D eigenvalue weighted by molar-refractivity contribution is 6.47. The van der Waals surface area contributed by atoms with Crippen molar-refractivity contribution in [3.63, 3.8) is 0 Å². The van der Waals surface area contributed by atoms with Crippen LogP contribution in [0, 0.1) is 17.3 Å². The molecule has 3 saturated carbocycles. The summed E-state index contributed by atoms with van der Waals surface area (Å²) in [7, 11) is -0.178. The van der Waals surface area contributed by atoms with Crippen molar-refractivity contribution in [1.29, 1.82) is 0 Å². The van der Waals surface area contributed by atoms with E-state index in [0.717, 1.165) is 18.8 Å². The number of halogens is 1. The van der Waals surface area contributed by atoms with Crippen molar-refractivity contribution < 1.29 is 14.4 Å². The predicted molar refractivity (Wildman–Crippen MR) is 79.8 cm³/mol. The Hall–Kier alpha value is 0.195. The van der Waals surface area contributed by atoms with Gasteiger partial charge in [-0.2, -0.15) is 0 Å². The smallest absolute Gasteiger partial charge is 0.404 e. The van der Waals surface area contributed by atoms with Crippen LogP contribution in [0.15, 0.2) is 0 Å². The number of hydrogen-bond donors (Lipinski definition) is 2. The fourth-order valence-corrected chi connectivity index (χ4v) is 5.03. The van der Waals surface area contributed by atoms with Gasteiger partial charge in [-0.25, -0.2) is 0 Å². The third kappa shape index (κ3) is 1.83. The summed E-state index contributed by atoms with van der Waals surface area (Å²) in [5, 5.41) is 13.0. The van der Waals surface area contributed by atoms with Gasteiger partial charge < -0.3 is 19.7 Å². The van der Waals surface area contributed by atoms with Gasteiger partial charge in [0.05, 0.1) is 17.8 Å². The second-order valence-corrected chi connectivity index (χ2v) is 7.74. The minimum Gasteiger partial charge on any atom is -0.404 e. The molecule has 0 aromatic carbocycles. The fourth-order valence-electron chi connectivity index (χ4n) is 5.03. The van der Waals surface area contributed by atoms with E-state index in [2.05, 4.69) is 26.1 Å². The second kappa shape index (κ2) is 4.59. The maximum Gasteiger partial charge on any atom is 0.475 e. The average Bonchev–Trinajstić information content (AvgIpc) is 2.90. The van der Waals surface area contributed by atoms with Crippen molar-refractivity contribution in [1.82, 2.24) is 5.32 Å². The highest BCUT2D eigenvalue weighted by Gasteiger charge is 2.68. The molecule has 6 heteroatoms. The number of rotatable bonds is 1. The summed E-state index contributed by atoms with van der Waals surface area (Å²) in [6.07, 6.45) is 3.15. The topological polar surface area (TPSA) is 50.7 Å². The zero-order valence-corrected chi connectivity index (χ0v) is 13.3. The Balaban J connectivity index is 0.00000121. The molecule has 2 bridgehead atoms. The summed E-state index contributed by atoms with van der Waals surface area (Å²) in [4.78, 5) is 0. The predicted octanol–water partition coefficient (Wildman–Crippen LogP) is 1.40. The molecule has 0 unspecified atom stereocenters. The number of β-amino-alcohol motifs (C(OH)–C–C–N with tert-alkyl or cyclic N) is 1. The van der Waals surface area contributed by atoms with Gasteiger partial charge in [-0.3, -0.25) is 0 Å². The van der Waals surface area contributed by atoms with Gasteiger partial charge in [0.1, 0.15) is 0 Å². The Bertz CT molecular complexity index is 410. The molecule has 2 N–H and O–H groups in total. The van der Waals surface area contributed by atoms with E-state index < -0.39 is 0 Å². The van der Waals surface area contributed by atoms with Gasteiger partial charge in [0, 0.05) is 12.5 Å². The van der Waals surface area contributed by atoms with E-state index in [9.17, 15) is 5.11 Å². The molecular weight excluding hydrogens is 276 g/mol. The molecule has 4 nitrogen and oxygen atoms in total. The summed E-state index contributed by atoms with van der Waals surface area (Å²) in [5.74, 6) is 1.55. The average molecular weight is 302 g/mol. The molecule has 2 saturated heterocycles. The summed E-state index contributed by atoms with van der Waals surface area (Å²) in [5.41, 5.74) is 0.268. The van der Waals surface area contributed by atoms with E-state index in [1.807, 2.05) is 0 Å². The first kappa shape index (κ1) is 15.1. The molecule has 2 heterocycles. The fraction of sp³-hybridized carbons (Fsp3) is 1.00. The Labute approximate surface area is 127 Å². The van der Waals surface area contributed by atoms with Gasteiger partial charge in [-0.1, -0.05) is 13.8 Å². The maximum atomic E-state index is 9.65. The summed E-state index contributed by atoms with van der Waals surface area (Å²) in [6.45, 7) is 7.65. The molecule has 114 valence electrons. The van der Waals surface area contributed by atoms with Gasteiger partial charge in [-0.05, 0) is 43.4 Å². The van der Waals surface area contributed by atoms with Gasteiger partial charge in [-0.15, -0.1) is 12.4 Å². The van der Waals surface area contributed by atoms with E-state index in [1.165, 1.54) is 6.42 Å². The zero-order chi connectivity index (χ0) is 13.4. The molecule has 3 aliphatic carbocycles. The monoisotopic (exact) mass is 301 g/mol. The van der Waals surface area contributed by atoms with Crippen molar-refractivity contribution in [3.05, 3.63) is 0 Å². The third-order valence-corrected chi connectivity index (χ3v) is 6.44. The number of hydrogen-bond acceptors (Lipinski definition) is 4. The van der Waals surface area contributed by atoms with Crippen LogP contribution in [0.25, 0.3) is 0 Å². The quantitative estimate of drug-likeness (QED) is 0.719. The maximum absolute atomic E-state index is 9.65. The van der Waals surface area contributed by atoms with Gasteiger partial charge in [0.25, 0.3) is 0 Å². The zero-order valence-electron chi connectivity index (χ0n) is 12.5. The number of aliphatic hydroxyl groups excluding tert-OH is 1. The second-order valence-electron chi connectivity index (χ2n) is 7.74. The van der Waals surface area contributed by atoms with Crippen LogP contribution in [0.3, 0.4) is 0 Å². The van der Waals surface area contributed by atoms with Gasteiger partial charge in [0.2, 0.25) is 0 Å². The lowest BCUT2D eigenvalue weighted by Crippen LogP contribution is -2.65. The molecule has 5 rings (SSSR count). The van der Waals surface area contributed by atoms with Crippen molar-refractivity contribution in [2.24, 2.45) is 17.3 Å². The first-order chi connectivity index (χ1) is 8.91. The normalized spacial score (nSPS) is 52.2. The highest BCUT2D eigenvalue weighted by Crippen LogP contribution is 2.65. The van der Waals surface area contributed by atoms with Crippen LogP contribution in [0.4, 0.5) is 0 Å². The minimum atomic E-state index is -0.252. The molecule has 20 heavy (non-hydrogen) atoms. The Morgan fingerprint density at radius 1 is 1.20 bits per heavy atom. The summed E-state index contributed by atoms with van der Waals surface area (Å²) < 4.78 is 12.6. The van der Waals surface area contributed by atoms with E-state index in [1.54, 1.807) is 0 Å². The van der Waals surface area contributed by atoms with Crippen molar-refractivity contribution in [2.75, 3.05) is 6.54 Å². The molecular formula is C14H25BClNO3.